The van der Waals surface area contributed by atoms with Gasteiger partial charge in [-0.15, -0.1) is 0 Å². The van der Waals surface area contributed by atoms with Crippen LogP contribution in [-0.2, 0) is 21.2 Å². The number of amides is 1. The van der Waals surface area contributed by atoms with Crippen molar-refractivity contribution in [1.29, 1.82) is 0 Å². The maximum Gasteiger partial charge on any atom is 0.243 e. The third-order valence-corrected chi connectivity index (χ3v) is 6.86. The summed E-state index contributed by atoms with van der Waals surface area (Å²) in [6, 6.07) is 17.4. The Morgan fingerprint density at radius 2 is 1.69 bits per heavy atom. The number of sulfonamides is 1. The van der Waals surface area contributed by atoms with Gasteiger partial charge in [0.05, 0.1) is 17.0 Å². The predicted octanol–water partition coefficient (Wildman–Crippen LogP) is 3.76. The molecular formula is C22H24N2O4S. The average Bonchev–Trinajstić information content (AvgIpc) is 2.70. The molecule has 0 spiro atoms. The van der Waals surface area contributed by atoms with Crippen LogP contribution >= 0.6 is 0 Å². The standard InChI is InChI=1S/C22H24N2O4S/c1-3-24(4-2)29(27,28)18-12-13-21(25)20(15-18)23-22(26)14-17-10-7-9-16-8-5-6-11-19(16)17/h5-13,15,25H,3-4,14H2,1-2H3,(H,23,26). The third-order valence-electron chi connectivity index (χ3n) is 4.82. The maximum atomic E-state index is 12.7. The number of nitrogens with one attached hydrogen (secondary N) is 1. The number of anilines is 1. The lowest BCUT2D eigenvalue weighted by Crippen LogP contribution is -2.30. The summed E-state index contributed by atoms with van der Waals surface area (Å²) in [4.78, 5) is 12.6. The molecule has 6 nitrogen and oxygen atoms in total. The van der Waals surface area contributed by atoms with Gasteiger partial charge in [0.2, 0.25) is 15.9 Å². The van der Waals surface area contributed by atoms with Crippen LogP contribution < -0.4 is 5.32 Å². The molecule has 3 aromatic rings. The number of nitrogens with zero attached hydrogens (tertiary/aromatic N) is 1. The number of hydrogen-bond donors (Lipinski definition) is 2. The molecule has 3 rings (SSSR count). The Hall–Kier alpha value is -2.90. The summed E-state index contributed by atoms with van der Waals surface area (Å²) in [6.45, 7) is 4.19. The number of phenolic OH excluding ortho intramolecular Hbond substituents is 1. The lowest BCUT2D eigenvalue weighted by atomic mass is 10.0. The van der Waals surface area contributed by atoms with E-state index < -0.39 is 10.0 Å². The molecule has 3 aromatic carbocycles. The number of phenols is 1. The van der Waals surface area contributed by atoms with Crippen molar-refractivity contribution in [3.8, 4) is 5.75 Å². The molecule has 0 aromatic heterocycles. The van der Waals surface area contributed by atoms with Crippen LogP contribution in [0.5, 0.6) is 5.75 Å². The Labute approximate surface area is 170 Å². The summed E-state index contributed by atoms with van der Waals surface area (Å²) >= 11 is 0. The van der Waals surface area contributed by atoms with Crippen LogP contribution in [0.25, 0.3) is 10.8 Å². The highest BCUT2D eigenvalue weighted by molar-refractivity contribution is 7.89. The summed E-state index contributed by atoms with van der Waals surface area (Å²) in [5, 5.41) is 14.8. The van der Waals surface area contributed by atoms with Crippen LogP contribution in [0.15, 0.2) is 65.6 Å². The predicted molar refractivity (Wildman–Crippen MR) is 114 cm³/mol. The molecule has 0 radical (unpaired) electrons. The number of carbonyl (C=O) groups excluding carboxylic acids is 1. The van der Waals surface area contributed by atoms with Crippen molar-refractivity contribution in [3.63, 3.8) is 0 Å². The van der Waals surface area contributed by atoms with Gasteiger partial charge in [0.25, 0.3) is 0 Å². The van der Waals surface area contributed by atoms with Gasteiger partial charge in [-0.05, 0) is 34.5 Å². The minimum atomic E-state index is -3.69. The van der Waals surface area contributed by atoms with Crippen LogP contribution in [-0.4, -0.2) is 36.8 Å². The van der Waals surface area contributed by atoms with Crippen molar-refractivity contribution >= 4 is 32.4 Å². The molecule has 29 heavy (non-hydrogen) atoms. The van der Waals surface area contributed by atoms with Crippen molar-refractivity contribution in [3.05, 3.63) is 66.2 Å². The van der Waals surface area contributed by atoms with Gasteiger partial charge in [0.1, 0.15) is 5.75 Å². The van der Waals surface area contributed by atoms with Crippen molar-refractivity contribution in [2.24, 2.45) is 0 Å². The fourth-order valence-corrected chi connectivity index (χ4v) is 4.79. The molecule has 1 amide bonds. The lowest BCUT2D eigenvalue weighted by molar-refractivity contribution is -0.115. The average molecular weight is 413 g/mol. The topological polar surface area (TPSA) is 86.7 Å². The first-order chi connectivity index (χ1) is 13.9. The highest BCUT2D eigenvalue weighted by Crippen LogP contribution is 2.28. The van der Waals surface area contributed by atoms with Crippen LogP contribution in [0.1, 0.15) is 19.4 Å². The Bertz CT molecular complexity index is 1130. The van der Waals surface area contributed by atoms with Gasteiger partial charge >= 0.3 is 0 Å². The van der Waals surface area contributed by atoms with E-state index in [2.05, 4.69) is 5.32 Å². The van der Waals surface area contributed by atoms with E-state index in [1.807, 2.05) is 42.5 Å². The lowest BCUT2D eigenvalue weighted by Gasteiger charge is -2.19. The van der Waals surface area contributed by atoms with Crippen molar-refractivity contribution in [1.82, 2.24) is 4.31 Å². The van der Waals surface area contributed by atoms with E-state index in [1.54, 1.807) is 13.8 Å². The molecule has 0 saturated carbocycles. The molecule has 7 heteroatoms. The van der Waals surface area contributed by atoms with E-state index in [1.165, 1.54) is 22.5 Å². The van der Waals surface area contributed by atoms with Crippen molar-refractivity contribution in [2.45, 2.75) is 25.2 Å². The summed E-state index contributed by atoms with van der Waals surface area (Å²) in [6.07, 6.45) is 0.105. The smallest absolute Gasteiger partial charge is 0.243 e. The quantitative estimate of drug-likeness (QED) is 0.579. The Morgan fingerprint density at radius 3 is 2.41 bits per heavy atom. The summed E-state index contributed by atoms with van der Waals surface area (Å²) in [5.74, 6) is -0.524. The number of rotatable bonds is 7. The molecule has 0 heterocycles. The summed E-state index contributed by atoms with van der Waals surface area (Å²) in [5.41, 5.74) is 0.926. The first kappa shape index (κ1) is 20.8. The molecule has 152 valence electrons. The van der Waals surface area contributed by atoms with Crippen LogP contribution in [0.3, 0.4) is 0 Å². The van der Waals surface area contributed by atoms with Crippen LogP contribution in [0.2, 0.25) is 0 Å². The van der Waals surface area contributed by atoms with Gasteiger partial charge in [-0.1, -0.05) is 56.3 Å². The highest BCUT2D eigenvalue weighted by atomic mass is 32.2. The van der Waals surface area contributed by atoms with Gasteiger partial charge in [0, 0.05) is 13.1 Å². The fourth-order valence-electron chi connectivity index (χ4n) is 3.30. The summed E-state index contributed by atoms with van der Waals surface area (Å²) in [7, 11) is -3.69. The number of carbonyl (C=O) groups is 1. The molecule has 0 aliphatic rings. The largest absolute Gasteiger partial charge is 0.506 e. The van der Waals surface area contributed by atoms with E-state index in [0.29, 0.717) is 13.1 Å². The minimum Gasteiger partial charge on any atom is -0.506 e. The second-order valence-corrected chi connectivity index (χ2v) is 8.57. The third kappa shape index (κ3) is 4.41. The highest BCUT2D eigenvalue weighted by Gasteiger charge is 2.23. The zero-order chi connectivity index (χ0) is 21.0. The van der Waals surface area contributed by atoms with E-state index in [9.17, 15) is 18.3 Å². The zero-order valence-electron chi connectivity index (χ0n) is 16.4. The van der Waals surface area contributed by atoms with Gasteiger partial charge in [-0.25, -0.2) is 8.42 Å². The molecule has 0 aliphatic heterocycles. The molecule has 0 saturated heterocycles. The molecule has 0 fully saturated rings. The molecule has 0 aliphatic carbocycles. The van der Waals surface area contributed by atoms with E-state index in [-0.39, 0.29) is 28.7 Å². The number of benzene rings is 3. The first-order valence-corrected chi connectivity index (χ1v) is 10.9. The number of fused-ring (bicyclic) bond motifs is 1. The van der Waals surface area contributed by atoms with Crippen LogP contribution in [0.4, 0.5) is 5.69 Å². The SMILES string of the molecule is CCN(CC)S(=O)(=O)c1ccc(O)c(NC(=O)Cc2cccc3ccccc23)c1. The second kappa shape index (κ2) is 8.63. The summed E-state index contributed by atoms with van der Waals surface area (Å²) < 4.78 is 26.7. The molecule has 0 atom stereocenters. The Morgan fingerprint density at radius 1 is 1.00 bits per heavy atom. The van der Waals surface area contributed by atoms with Crippen molar-refractivity contribution in [2.75, 3.05) is 18.4 Å². The molecular weight excluding hydrogens is 388 g/mol. The second-order valence-electron chi connectivity index (χ2n) is 6.63. The zero-order valence-corrected chi connectivity index (χ0v) is 17.2. The monoisotopic (exact) mass is 412 g/mol. The number of hydrogen-bond acceptors (Lipinski definition) is 4. The molecule has 2 N–H and O–H groups in total. The molecule has 0 bridgehead atoms. The molecule has 0 unspecified atom stereocenters. The van der Waals surface area contributed by atoms with E-state index >= 15 is 0 Å². The normalized spacial score (nSPS) is 11.7. The number of aromatic hydroxyl groups is 1. The van der Waals surface area contributed by atoms with Gasteiger partial charge in [-0.3, -0.25) is 4.79 Å². The first-order valence-electron chi connectivity index (χ1n) is 9.46. The van der Waals surface area contributed by atoms with Gasteiger partial charge < -0.3 is 10.4 Å². The van der Waals surface area contributed by atoms with Crippen LogP contribution in [0, 0.1) is 0 Å². The van der Waals surface area contributed by atoms with E-state index in [4.69, 9.17) is 0 Å². The van der Waals surface area contributed by atoms with E-state index in [0.717, 1.165) is 16.3 Å². The van der Waals surface area contributed by atoms with Crippen molar-refractivity contribution < 1.29 is 18.3 Å². The Kier molecular flexibility index (Phi) is 6.20. The minimum absolute atomic E-state index is 0.0273. The Balaban J connectivity index is 1.85. The van der Waals surface area contributed by atoms with Gasteiger partial charge in [0.15, 0.2) is 0 Å². The fraction of sp³-hybridized carbons (Fsp3) is 0.227. The maximum absolute atomic E-state index is 12.7. The van der Waals surface area contributed by atoms with Gasteiger partial charge in [-0.2, -0.15) is 4.31 Å².